The van der Waals surface area contributed by atoms with Crippen LogP contribution in [0, 0.1) is 5.92 Å². The molecule has 1 saturated heterocycles. The molecule has 0 radical (unpaired) electrons. The van der Waals surface area contributed by atoms with E-state index in [4.69, 9.17) is 5.73 Å². The maximum absolute atomic E-state index is 11.6. The molecule has 1 amide bonds. The summed E-state index contributed by atoms with van der Waals surface area (Å²) in [5, 5.41) is 6.89. The normalized spacial score (nSPS) is 20.8. The number of hydrogen-bond donors (Lipinski definition) is 2. The molecule has 1 unspecified atom stereocenters. The number of hydrogen-bond acceptors (Lipinski definition) is 4. The minimum Gasteiger partial charge on any atom is -0.396 e. The number of amides is 1. The molecule has 0 aliphatic carbocycles. The third-order valence-electron chi connectivity index (χ3n) is 3.42. The monoisotopic (exact) mass is 251 g/mol. The summed E-state index contributed by atoms with van der Waals surface area (Å²) in [7, 11) is 1.70. The van der Waals surface area contributed by atoms with E-state index in [1.165, 1.54) is 0 Å². The second-order valence-corrected chi connectivity index (χ2v) is 4.79. The van der Waals surface area contributed by atoms with Gasteiger partial charge in [0, 0.05) is 26.3 Å². The Hall–Kier alpha value is -1.56. The molecular formula is C12H21N5O. The first-order chi connectivity index (χ1) is 8.69. The third-order valence-corrected chi connectivity index (χ3v) is 3.42. The fourth-order valence-corrected chi connectivity index (χ4v) is 2.42. The molecule has 18 heavy (non-hydrogen) atoms. The van der Waals surface area contributed by atoms with E-state index in [1.54, 1.807) is 13.2 Å². The molecule has 1 fully saturated rings. The maximum atomic E-state index is 11.6. The number of nitrogens with two attached hydrogens (primary N) is 1. The lowest BCUT2D eigenvalue weighted by Gasteiger charge is -2.31. The maximum Gasteiger partial charge on any atom is 0.224 e. The number of nitrogen functional groups attached to an aromatic ring is 1. The minimum absolute atomic E-state index is 0.131. The van der Waals surface area contributed by atoms with Crippen LogP contribution in [0.4, 0.5) is 5.69 Å². The molecule has 1 aliphatic heterocycles. The highest BCUT2D eigenvalue weighted by molar-refractivity contribution is 5.78. The van der Waals surface area contributed by atoms with Crippen molar-refractivity contribution in [1.82, 2.24) is 20.0 Å². The van der Waals surface area contributed by atoms with E-state index in [2.05, 4.69) is 15.3 Å². The van der Waals surface area contributed by atoms with Crippen LogP contribution in [-0.4, -0.2) is 47.3 Å². The molecule has 0 bridgehead atoms. The van der Waals surface area contributed by atoms with E-state index in [0.717, 1.165) is 39.0 Å². The number of nitrogens with zero attached hydrogens (tertiary/aromatic N) is 3. The van der Waals surface area contributed by atoms with Crippen molar-refractivity contribution in [2.24, 2.45) is 5.92 Å². The van der Waals surface area contributed by atoms with Crippen LogP contribution in [-0.2, 0) is 11.3 Å². The molecule has 6 heteroatoms. The summed E-state index contributed by atoms with van der Waals surface area (Å²) < 4.78 is 1.85. The standard InChI is InChI=1S/C12H21N5O/c1-14-12(18)10-3-2-4-16(8-10)5-6-17-9-11(13)7-15-17/h7,9-10H,2-6,8,13H2,1H3,(H,14,18). The van der Waals surface area contributed by atoms with Gasteiger partial charge in [-0.3, -0.25) is 9.48 Å². The highest BCUT2D eigenvalue weighted by Crippen LogP contribution is 2.16. The summed E-state index contributed by atoms with van der Waals surface area (Å²) in [5.74, 6) is 0.287. The molecule has 1 aromatic heterocycles. The Morgan fingerprint density at radius 3 is 3.11 bits per heavy atom. The second-order valence-electron chi connectivity index (χ2n) is 4.79. The number of carbonyl (C=O) groups excluding carboxylic acids is 1. The fraction of sp³-hybridized carbons (Fsp3) is 0.667. The van der Waals surface area contributed by atoms with E-state index >= 15 is 0 Å². The van der Waals surface area contributed by atoms with E-state index in [-0.39, 0.29) is 11.8 Å². The predicted octanol–water partition coefficient (Wildman–Crippen LogP) is -0.0767. The zero-order chi connectivity index (χ0) is 13.0. The molecule has 3 N–H and O–H groups in total. The molecule has 100 valence electrons. The smallest absolute Gasteiger partial charge is 0.224 e. The average molecular weight is 251 g/mol. The van der Waals surface area contributed by atoms with Gasteiger partial charge in [0.25, 0.3) is 0 Å². The van der Waals surface area contributed by atoms with Gasteiger partial charge in [-0.25, -0.2) is 0 Å². The Labute approximate surface area is 107 Å². The zero-order valence-electron chi connectivity index (χ0n) is 10.8. The summed E-state index contributed by atoms with van der Waals surface area (Å²) in [6.45, 7) is 3.63. The van der Waals surface area contributed by atoms with Crippen molar-refractivity contribution in [1.29, 1.82) is 0 Å². The largest absolute Gasteiger partial charge is 0.396 e. The van der Waals surface area contributed by atoms with Crippen LogP contribution in [0.15, 0.2) is 12.4 Å². The van der Waals surface area contributed by atoms with Crippen LogP contribution in [0.1, 0.15) is 12.8 Å². The van der Waals surface area contributed by atoms with Crippen molar-refractivity contribution in [2.75, 3.05) is 32.4 Å². The topological polar surface area (TPSA) is 76.2 Å². The van der Waals surface area contributed by atoms with Gasteiger partial charge in [-0.2, -0.15) is 5.10 Å². The zero-order valence-corrected chi connectivity index (χ0v) is 10.8. The molecule has 1 atom stereocenters. The fourth-order valence-electron chi connectivity index (χ4n) is 2.42. The summed E-state index contributed by atoms with van der Waals surface area (Å²) in [5.41, 5.74) is 6.31. The van der Waals surface area contributed by atoms with Crippen molar-refractivity contribution in [3.63, 3.8) is 0 Å². The van der Waals surface area contributed by atoms with E-state index in [9.17, 15) is 4.79 Å². The molecule has 1 aliphatic rings. The minimum atomic E-state index is 0.131. The summed E-state index contributed by atoms with van der Waals surface area (Å²) >= 11 is 0. The SMILES string of the molecule is CNC(=O)C1CCCN(CCn2cc(N)cn2)C1. The predicted molar refractivity (Wildman–Crippen MR) is 69.9 cm³/mol. The Kier molecular flexibility index (Phi) is 4.19. The summed E-state index contributed by atoms with van der Waals surface area (Å²) in [4.78, 5) is 13.9. The second kappa shape index (κ2) is 5.86. The van der Waals surface area contributed by atoms with E-state index in [1.807, 2.05) is 10.9 Å². The van der Waals surface area contributed by atoms with E-state index < -0.39 is 0 Å². The van der Waals surface area contributed by atoms with Gasteiger partial charge in [-0.05, 0) is 19.4 Å². The number of likely N-dealkylation sites (tertiary alicyclic amines) is 1. The first kappa shape index (κ1) is 12.9. The quantitative estimate of drug-likeness (QED) is 0.785. The van der Waals surface area contributed by atoms with Gasteiger partial charge in [0.15, 0.2) is 0 Å². The molecule has 6 nitrogen and oxygen atoms in total. The highest BCUT2D eigenvalue weighted by Gasteiger charge is 2.24. The molecule has 2 rings (SSSR count). The third kappa shape index (κ3) is 3.22. The number of aromatic nitrogens is 2. The molecule has 0 saturated carbocycles. The number of rotatable bonds is 4. The average Bonchev–Trinajstić information content (AvgIpc) is 2.81. The summed E-state index contributed by atoms with van der Waals surface area (Å²) in [6, 6.07) is 0. The van der Waals surface area contributed by atoms with Gasteiger partial charge < -0.3 is 16.0 Å². The van der Waals surface area contributed by atoms with Crippen LogP contribution < -0.4 is 11.1 Å². The summed E-state index contributed by atoms with van der Waals surface area (Å²) in [6.07, 6.45) is 5.56. The highest BCUT2D eigenvalue weighted by atomic mass is 16.1. The Morgan fingerprint density at radius 2 is 2.44 bits per heavy atom. The molecule has 2 heterocycles. The Bertz CT molecular complexity index is 403. The van der Waals surface area contributed by atoms with Crippen LogP contribution >= 0.6 is 0 Å². The number of piperidine rings is 1. The Balaban J connectivity index is 1.80. The molecule has 1 aromatic rings. The first-order valence-electron chi connectivity index (χ1n) is 6.41. The lowest BCUT2D eigenvalue weighted by molar-refractivity contribution is -0.126. The van der Waals surface area contributed by atoms with Gasteiger partial charge >= 0.3 is 0 Å². The van der Waals surface area contributed by atoms with Crippen LogP contribution in [0.25, 0.3) is 0 Å². The Morgan fingerprint density at radius 1 is 1.61 bits per heavy atom. The van der Waals surface area contributed by atoms with Crippen molar-refractivity contribution in [3.8, 4) is 0 Å². The number of anilines is 1. The van der Waals surface area contributed by atoms with Crippen molar-refractivity contribution < 1.29 is 4.79 Å². The van der Waals surface area contributed by atoms with Gasteiger partial charge in [0.1, 0.15) is 0 Å². The van der Waals surface area contributed by atoms with Crippen molar-refractivity contribution in [2.45, 2.75) is 19.4 Å². The molecule has 0 spiro atoms. The van der Waals surface area contributed by atoms with E-state index in [0.29, 0.717) is 5.69 Å². The van der Waals surface area contributed by atoms with Gasteiger partial charge in [0.2, 0.25) is 5.91 Å². The van der Waals surface area contributed by atoms with Crippen molar-refractivity contribution >= 4 is 11.6 Å². The van der Waals surface area contributed by atoms with Crippen LogP contribution in [0.5, 0.6) is 0 Å². The van der Waals surface area contributed by atoms with Crippen LogP contribution in [0.3, 0.4) is 0 Å². The van der Waals surface area contributed by atoms with Crippen LogP contribution in [0.2, 0.25) is 0 Å². The van der Waals surface area contributed by atoms with Gasteiger partial charge in [-0.1, -0.05) is 0 Å². The molecular weight excluding hydrogens is 230 g/mol. The van der Waals surface area contributed by atoms with Crippen molar-refractivity contribution in [3.05, 3.63) is 12.4 Å². The number of carbonyl (C=O) groups is 1. The number of nitrogens with one attached hydrogen (secondary N) is 1. The van der Waals surface area contributed by atoms with Gasteiger partial charge in [0.05, 0.1) is 24.3 Å². The molecule has 0 aromatic carbocycles. The lowest BCUT2D eigenvalue weighted by Crippen LogP contribution is -2.43. The van der Waals surface area contributed by atoms with Gasteiger partial charge in [-0.15, -0.1) is 0 Å². The lowest BCUT2D eigenvalue weighted by atomic mass is 9.97. The first-order valence-corrected chi connectivity index (χ1v) is 6.41.